The van der Waals surface area contributed by atoms with Gasteiger partial charge in [-0.1, -0.05) is 0 Å². The second kappa shape index (κ2) is 5.90. The number of rotatable bonds is 4. The van der Waals surface area contributed by atoms with E-state index in [1.165, 1.54) is 7.11 Å². The Labute approximate surface area is 123 Å². The lowest BCUT2D eigenvalue weighted by Crippen LogP contribution is -2.25. The first-order valence-corrected chi connectivity index (χ1v) is 6.58. The zero-order valence-electron chi connectivity index (χ0n) is 12.9. The van der Waals surface area contributed by atoms with Crippen molar-refractivity contribution in [2.24, 2.45) is 0 Å². The highest BCUT2D eigenvalue weighted by Crippen LogP contribution is 2.13. The molecule has 0 atom stereocenters. The average Bonchev–Trinajstić information content (AvgIpc) is 2.45. The Hall–Kier alpha value is -2.44. The first-order chi connectivity index (χ1) is 9.93. The van der Waals surface area contributed by atoms with Gasteiger partial charge >= 0.3 is 0 Å². The van der Waals surface area contributed by atoms with Crippen molar-refractivity contribution < 1.29 is 4.74 Å². The predicted octanol–water partition coefficient (Wildman–Crippen LogP) is 1.13. The number of aromatic nitrogens is 4. The summed E-state index contributed by atoms with van der Waals surface area (Å²) in [4.78, 5) is 21.5. The van der Waals surface area contributed by atoms with Crippen LogP contribution in [0.5, 0.6) is 5.75 Å². The number of pyridine rings is 1. The van der Waals surface area contributed by atoms with E-state index in [2.05, 4.69) is 20.2 Å². The Kier molecular flexibility index (Phi) is 4.21. The minimum atomic E-state index is -0.127. The van der Waals surface area contributed by atoms with E-state index in [9.17, 15) is 4.79 Å². The fourth-order valence-electron chi connectivity index (χ4n) is 1.94. The van der Waals surface area contributed by atoms with Crippen molar-refractivity contribution >= 4 is 5.95 Å². The summed E-state index contributed by atoms with van der Waals surface area (Å²) >= 11 is 0. The standard InChI is InChI=1S/C14H19N5O2/c1-8-9(2)17-18-14(16-8)19(4)7-11-6-15-10(3)13(21-5)12(11)20/h6H,7H2,1-5H3,(H,15,20). The summed E-state index contributed by atoms with van der Waals surface area (Å²) in [5, 5.41) is 8.09. The lowest BCUT2D eigenvalue weighted by molar-refractivity contribution is 0.404. The maximum atomic E-state index is 12.3. The Morgan fingerprint density at radius 3 is 2.57 bits per heavy atom. The zero-order chi connectivity index (χ0) is 15.6. The van der Waals surface area contributed by atoms with Crippen LogP contribution >= 0.6 is 0 Å². The predicted molar refractivity (Wildman–Crippen MR) is 79.8 cm³/mol. The molecule has 0 radical (unpaired) electrons. The third kappa shape index (κ3) is 3.01. The first-order valence-electron chi connectivity index (χ1n) is 6.58. The maximum absolute atomic E-state index is 12.3. The van der Waals surface area contributed by atoms with Gasteiger partial charge in [-0.25, -0.2) is 4.98 Å². The molecule has 0 saturated carbocycles. The van der Waals surface area contributed by atoms with E-state index in [4.69, 9.17) is 4.74 Å². The van der Waals surface area contributed by atoms with Crippen molar-refractivity contribution in [1.82, 2.24) is 20.2 Å². The van der Waals surface area contributed by atoms with Crippen LogP contribution in [-0.2, 0) is 6.54 Å². The van der Waals surface area contributed by atoms with Gasteiger partial charge in [0.05, 0.1) is 30.7 Å². The highest BCUT2D eigenvalue weighted by molar-refractivity contribution is 5.35. The number of hydrogen-bond acceptors (Lipinski definition) is 6. The first kappa shape index (κ1) is 15.0. The van der Waals surface area contributed by atoms with Crippen LogP contribution in [0.15, 0.2) is 11.0 Å². The molecular weight excluding hydrogens is 270 g/mol. The SMILES string of the molecule is COc1c(C)[nH]cc(CN(C)c2nnc(C)c(C)n2)c1=O. The monoisotopic (exact) mass is 289 g/mol. The lowest BCUT2D eigenvalue weighted by Gasteiger charge is -2.17. The number of anilines is 1. The van der Waals surface area contributed by atoms with Crippen molar-refractivity contribution in [3.05, 3.63) is 39.1 Å². The molecule has 2 rings (SSSR count). The molecule has 1 N–H and O–H groups in total. The van der Waals surface area contributed by atoms with Crippen LogP contribution in [0, 0.1) is 20.8 Å². The molecule has 7 nitrogen and oxygen atoms in total. The number of hydrogen-bond donors (Lipinski definition) is 1. The van der Waals surface area contributed by atoms with E-state index < -0.39 is 0 Å². The fraction of sp³-hybridized carbons (Fsp3) is 0.429. The van der Waals surface area contributed by atoms with Crippen LogP contribution in [0.25, 0.3) is 0 Å². The minimum Gasteiger partial charge on any atom is -0.491 e. The number of nitrogens with one attached hydrogen (secondary N) is 1. The molecule has 2 heterocycles. The number of nitrogens with zero attached hydrogens (tertiary/aromatic N) is 4. The van der Waals surface area contributed by atoms with Crippen LogP contribution in [-0.4, -0.2) is 34.3 Å². The van der Waals surface area contributed by atoms with Gasteiger partial charge in [0.15, 0.2) is 5.75 Å². The highest BCUT2D eigenvalue weighted by atomic mass is 16.5. The van der Waals surface area contributed by atoms with E-state index in [0.29, 0.717) is 29.5 Å². The van der Waals surface area contributed by atoms with Gasteiger partial charge in [-0.05, 0) is 20.8 Å². The molecule has 0 aliphatic carbocycles. The summed E-state index contributed by atoms with van der Waals surface area (Å²) in [7, 11) is 3.30. The molecule has 0 aromatic carbocycles. The Balaban J connectivity index is 2.29. The topological polar surface area (TPSA) is 84.0 Å². The molecule has 112 valence electrons. The van der Waals surface area contributed by atoms with Gasteiger partial charge in [-0.3, -0.25) is 4.79 Å². The van der Waals surface area contributed by atoms with Crippen molar-refractivity contribution in [1.29, 1.82) is 0 Å². The Bertz CT molecular complexity index is 711. The van der Waals surface area contributed by atoms with Crippen molar-refractivity contribution in [3.63, 3.8) is 0 Å². The van der Waals surface area contributed by atoms with Crippen LogP contribution in [0.4, 0.5) is 5.95 Å². The number of aryl methyl sites for hydroxylation is 3. The van der Waals surface area contributed by atoms with Gasteiger partial charge in [0, 0.05) is 18.8 Å². The summed E-state index contributed by atoms with van der Waals surface area (Å²) in [6.45, 7) is 5.90. The molecule has 0 amide bonds. The zero-order valence-corrected chi connectivity index (χ0v) is 12.9. The van der Waals surface area contributed by atoms with E-state index in [-0.39, 0.29) is 5.43 Å². The van der Waals surface area contributed by atoms with Gasteiger partial charge in [-0.2, -0.15) is 5.10 Å². The second-order valence-electron chi connectivity index (χ2n) is 4.94. The van der Waals surface area contributed by atoms with Gasteiger partial charge < -0.3 is 14.6 Å². The van der Waals surface area contributed by atoms with Crippen molar-refractivity contribution in [3.8, 4) is 5.75 Å². The minimum absolute atomic E-state index is 0.127. The molecule has 21 heavy (non-hydrogen) atoms. The molecule has 7 heteroatoms. The van der Waals surface area contributed by atoms with Gasteiger partial charge in [-0.15, -0.1) is 5.10 Å². The van der Waals surface area contributed by atoms with Crippen LogP contribution in [0.2, 0.25) is 0 Å². The molecule has 0 aliphatic heterocycles. The van der Waals surface area contributed by atoms with Crippen LogP contribution in [0.3, 0.4) is 0 Å². The molecular formula is C14H19N5O2. The molecule has 0 aliphatic rings. The number of ether oxygens (including phenoxy) is 1. The average molecular weight is 289 g/mol. The van der Waals surface area contributed by atoms with Gasteiger partial charge in [0.1, 0.15) is 0 Å². The van der Waals surface area contributed by atoms with Crippen LogP contribution in [0.1, 0.15) is 22.6 Å². The fourth-order valence-corrected chi connectivity index (χ4v) is 1.94. The molecule has 0 saturated heterocycles. The molecule has 0 unspecified atom stereocenters. The third-order valence-corrected chi connectivity index (χ3v) is 3.34. The highest BCUT2D eigenvalue weighted by Gasteiger charge is 2.13. The summed E-state index contributed by atoms with van der Waals surface area (Å²) < 4.78 is 5.13. The normalized spacial score (nSPS) is 10.5. The largest absolute Gasteiger partial charge is 0.491 e. The Morgan fingerprint density at radius 2 is 1.95 bits per heavy atom. The van der Waals surface area contributed by atoms with Crippen molar-refractivity contribution in [2.75, 3.05) is 19.1 Å². The molecule has 2 aromatic rings. The smallest absolute Gasteiger partial charge is 0.245 e. The third-order valence-electron chi connectivity index (χ3n) is 3.34. The molecule has 0 bridgehead atoms. The quantitative estimate of drug-likeness (QED) is 0.908. The van der Waals surface area contributed by atoms with E-state index >= 15 is 0 Å². The lowest BCUT2D eigenvalue weighted by atomic mass is 10.2. The second-order valence-corrected chi connectivity index (χ2v) is 4.94. The Morgan fingerprint density at radius 1 is 1.24 bits per heavy atom. The van der Waals surface area contributed by atoms with Crippen LogP contribution < -0.4 is 15.1 Å². The van der Waals surface area contributed by atoms with E-state index in [1.807, 2.05) is 20.9 Å². The maximum Gasteiger partial charge on any atom is 0.245 e. The van der Waals surface area contributed by atoms with Gasteiger partial charge in [0.25, 0.3) is 0 Å². The van der Waals surface area contributed by atoms with Crippen molar-refractivity contribution in [2.45, 2.75) is 27.3 Å². The van der Waals surface area contributed by atoms with E-state index in [1.54, 1.807) is 18.0 Å². The number of aromatic amines is 1. The van der Waals surface area contributed by atoms with Gasteiger partial charge in [0.2, 0.25) is 11.4 Å². The molecule has 0 spiro atoms. The summed E-state index contributed by atoms with van der Waals surface area (Å²) in [5.41, 5.74) is 2.78. The number of H-pyrrole nitrogens is 1. The molecule has 0 fully saturated rings. The summed E-state index contributed by atoms with van der Waals surface area (Å²) in [6.07, 6.45) is 1.69. The summed E-state index contributed by atoms with van der Waals surface area (Å²) in [5.74, 6) is 0.817. The number of methoxy groups -OCH3 is 1. The summed E-state index contributed by atoms with van der Waals surface area (Å²) in [6, 6.07) is 0. The molecule has 2 aromatic heterocycles. The van der Waals surface area contributed by atoms with E-state index in [0.717, 1.165) is 11.4 Å².